The molecule has 0 unspecified atom stereocenters. The molecule has 0 aliphatic heterocycles. The third-order valence-electron chi connectivity index (χ3n) is 2.19. The van der Waals surface area contributed by atoms with E-state index in [1.165, 1.54) is 6.20 Å². The predicted octanol–water partition coefficient (Wildman–Crippen LogP) is 0.846. The number of nitrogens with two attached hydrogens (primary N) is 1. The Morgan fingerprint density at radius 2 is 2.25 bits per heavy atom. The topological polar surface area (TPSA) is 78.0 Å². The fourth-order valence-electron chi connectivity index (χ4n) is 1.42. The van der Waals surface area contributed by atoms with Gasteiger partial charge in [0, 0.05) is 19.2 Å². The molecule has 2 N–H and O–H groups in total. The SMILES string of the molecule is CCc1nc(S(N)(=O)=O)cn1CCCSC. The molecule has 16 heavy (non-hydrogen) atoms. The van der Waals surface area contributed by atoms with Crippen LogP contribution in [0.5, 0.6) is 0 Å². The third kappa shape index (κ3) is 3.50. The summed E-state index contributed by atoms with van der Waals surface area (Å²) in [6.07, 6.45) is 5.27. The monoisotopic (exact) mass is 263 g/mol. The summed E-state index contributed by atoms with van der Waals surface area (Å²) in [7, 11) is -3.68. The molecule has 1 aromatic rings. The number of aromatic nitrogens is 2. The molecule has 0 saturated heterocycles. The average molecular weight is 263 g/mol. The van der Waals surface area contributed by atoms with Gasteiger partial charge in [-0.05, 0) is 18.4 Å². The van der Waals surface area contributed by atoms with E-state index in [1.54, 1.807) is 11.8 Å². The minimum Gasteiger partial charge on any atom is -0.333 e. The van der Waals surface area contributed by atoms with Crippen LogP contribution in [0.15, 0.2) is 11.2 Å². The molecule has 92 valence electrons. The first-order valence-electron chi connectivity index (χ1n) is 5.06. The molecule has 7 heteroatoms. The second-order valence-corrected chi connectivity index (χ2v) is 5.93. The highest BCUT2D eigenvalue weighted by atomic mass is 32.2. The third-order valence-corrected chi connectivity index (χ3v) is 3.67. The fourth-order valence-corrected chi connectivity index (χ4v) is 2.34. The number of rotatable bonds is 6. The molecule has 0 spiro atoms. The lowest BCUT2D eigenvalue weighted by Gasteiger charge is -2.04. The summed E-state index contributed by atoms with van der Waals surface area (Å²) in [5.74, 6) is 1.82. The van der Waals surface area contributed by atoms with Crippen molar-refractivity contribution in [2.45, 2.75) is 31.3 Å². The molecular weight excluding hydrogens is 246 g/mol. The molecule has 0 radical (unpaired) electrons. The maximum Gasteiger partial charge on any atom is 0.257 e. The minimum atomic E-state index is -3.68. The molecular formula is C9H17N3O2S2. The zero-order valence-electron chi connectivity index (χ0n) is 9.51. The van der Waals surface area contributed by atoms with Gasteiger partial charge in [0.05, 0.1) is 0 Å². The van der Waals surface area contributed by atoms with Crippen LogP contribution >= 0.6 is 11.8 Å². The van der Waals surface area contributed by atoms with Gasteiger partial charge in [-0.1, -0.05) is 6.92 Å². The van der Waals surface area contributed by atoms with E-state index in [-0.39, 0.29) is 5.03 Å². The standard InChI is InChI=1S/C9H17N3O2S2/c1-3-8-11-9(16(10,13)14)7-12(8)5-4-6-15-2/h7H,3-6H2,1-2H3,(H2,10,13,14). The molecule has 0 fully saturated rings. The van der Waals surface area contributed by atoms with E-state index in [0.29, 0.717) is 6.42 Å². The smallest absolute Gasteiger partial charge is 0.257 e. The maximum atomic E-state index is 11.1. The Bertz CT molecular complexity index is 440. The van der Waals surface area contributed by atoms with Gasteiger partial charge in [-0.15, -0.1) is 0 Å². The normalized spacial score (nSPS) is 11.9. The number of aryl methyl sites for hydroxylation is 2. The number of nitrogens with zero attached hydrogens (tertiary/aromatic N) is 2. The number of hydrogen-bond donors (Lipinski definition) is 1. The lowest BCUT2D eigenvalue weighted by molar-refractivity contribution is 0.594. The van der Waals surface area contributed by atoms with Crippen LogP contribution in [0.2, 0.25) is 0 Å². The van der Waals surface area contributed by atoms with Gasteiger partial charge in [0.2, 0.25) is 0 Å². The summed E-state index contributed by atoms with van der Waals surface area (Å²) in [6, 6.07) is 0. The minimum absolute atomic E-state index is 0.0338. The van der Waals surface area contributed by atoms with Crippen LogP contribution in [0.1, 0.15) is 19.2 Å². The van der Waals surface area contributed by atoms with Gasteiger partial charge in [0.25, 0.3) is 10.0 Å². The highest BCUT2D eigenvalue weighted by Crippen LogP contribution is 2.10. The van der Waals surface area contributed by atoms with E-state index < -0.39 is 10.0 Å². The predicted molar refractivity (Wildman–Crippen MR) is 66.0 cm³/mol. The Labute approximate surface area is 100 Å². The van der Waals surface area contributed by atoms with Crippen LogP contribution in [0, 0.1) is 0 Å². The van der Waals surface area contributed by atoms with E-state index in [9.17, 15) is 8.42 Å². The van der Waals surface area contributed by atoms with Gasteiger partial charge in [0.1, 0.15) is 5.82 Å². The summed E-state index contributed by atoms with van der Waals surface area (Å²) in [6.45, 7) is 2.73. The largest absolute Gasteiger partial charge is 0.333 e. The molecule has 0 aliphatic rings. The molecule has 5 nitrogen and oxygen atoms in total. The molecule has 1 aromatic heterocycles. The first-order valence-corrected chi connectivity index (χ1v) is 8.00. The summed E-state index contributed by atoms with van der Waals surface area (Å²) in [4.78, 5) is 4.02. The van der Waals surface area contributed by atoms with Crippen molar-refractivity contribution in [3.8, 4) is 0 Å². The Kier molecular flexibility index (Phi) is 4.82. The van der Waals surface area contributed by atoms with Crippen molar-refractivity contribution in [1.82, 2.24) is 9.55 Å². The van der Waals surface area contributed by atoms with Crippen LogP contribution in [-0.2, 0) is 23.0 Å². The summed E-state index contributed by atoms with van der Waals surface area (Å²) < 4.78 is 24.2. The van der Waals surface area contributed by atoms with E-state index >= 15 is 0 Å². The highest BCUT2D eigenvalue weighted by molar-refractivity contribution is 7.98. The quantitative estimate of drug-likeness (QED) is 0.772. The van der Waals surface area contributed by atoms with Gasteiger partial charge in [0.15, 0.2) is 5.03 Å². The molecule has 0 saturated carbocycles. The zero-order valence-corrected chi connectivity index (χ0v) is 11.1. The van der Waals surface area contributed by atoms with Crippen LogP contribution in [0.25, 0.3) is 0 Å². The van der Waals surface area contributed by atoms with E-state index in [4.69, 9.17) is 5.14 Å². The summed E-state index contributed by atoms with van der Waals surface area (Å²) >= 11 is 1.77. The van der Waals surface area contributed by atoms with Gasteiger partial charge >= 0.3 is 0 Å². The number of primary sulfonamides is 1. The number of sulfonamides is 1. The Balaban J connectivity index is 2.87. The number of thioether (sulfide) groups is 1. The highest BCUT2D eigenvalue weighted by Gasteiger charge is 2.14. The van der Waals surface area contributed by atoms with Gasteiger partial charge in [-0.3, -0.25) is 0 Å². The molecule has 0 bridgehead atoms. The first kappa shape index (κ1) is 13.5. The maximum absolute atomic E-state index is 11.1. The fraction of sp³-hybridized carbons (Fsp3) is 0.667. The number of hydrogen-bond acceptors (Lipinski definition) is 4. The van der Waals surface area contributed by atoms with Gasteiger partial charge in [-0.2, -0.15) is 11.8 Å². The molecule has 1 rings (SSSR count). The molecule has 0 aliphatic carbocycles. The van der Waals surface area contributed by atoms with Crippen molar-refractivity contribution in [2.75, 3.05) is 12.0 Å². The second kappa shape index (κ2) is 5.70. The van der Waals surface area contributed by atoms with Gasteiger partial charge in [-0.25, -0.2) is 18.5 Å². The van der Waals surface area contributed by atoms with Crippen LogP contribution < -0.4 is 5.14 Å². The van der Waals surface area contributed by atoms with Crippen molar-refractivity contribution >= 4 is 21.8 Å². The second-order valence-electron chi connectivity index (χ2n) is 3.43. The first-order chi connectivity index (χ1) is 7.49. The lowest BCUT2D eigenvalue weighted by Crippen LogP contribution is -2.12. The van der Waals surface area contributed by atoms with Crippen molar-refractivity contribution in [1.29, 1.82) is 0 Å². The van der Waals surface area contributed by atoms with Crippen molar-refractivity contribution in [3.63, 3.8) is 0 Å². The van der Waals surface area contributed by atoms with E-state index in [1.807, 2.05) is 17.7 Å². The van der Waals surface area contributed by atoms with Crippen molar-refractivity contribution < 1.29 is 8.42 Å². The zero-order chi connectivity index (χ0) is 12.2. The van der Waals surface area contributed by atoms with Crippen LogP contribution in [0.4, 0.5) is 0 Å². The Hall–Kier alpha value is -0.530. The molecule has 0 atom stereocenters. The Morgan fingerprint density at radius 1 is 1.56 bits per heavy atom. The van der Waals surface area contributed by atoms with E-state index in [2.05, 4.69) is 4.98 Å². The van der Waals surface area contributed by atoms with Crippen LogP contribution in [-0.4, -0.2) is 30.0 Å². The van der Waals surface area contributed by atoms with Crippen molar-refractivity contribution in [3.05, 3.63) is 12.0 Å². The lowest BCUT2D eigenvalue weighted by atomic mass is 10.4. The number of imidazole rings is 1. The molecule has 0 aromatic carbocycles. The summed E-state index contributed by atoms with van der Waals surface area (Å²) in [5.41, 5.74) is 0. The van der Waals surface area contributed by atoms with Gasteiger partial charge < -0.3 is 4.57 Å². The van der Waals surface area contributed by atoms with Crippen molar-refractivity contribution in [2.24, 2.45) is 5.14 Å². The molecule has 1 heterocycles. The summed E-state index contributed by atoms with van der Waals surface area (Å²) in [5, 5.41) is 5.01. The molecule has 0 amide bonds. The average Bonchev–Trinajstić information content (AvgIpc) is 2.61. The Morgan fingerprint density at radius 3 is 2.75 bits per heavy atom. The van der Waals surface area contributed by atoms with Crippen LogP contribution in [0.3, 0.4) is 0 Å². The van der Waals surface area contributed by atoms with E-state index in [0.717, 1.165) is 24.5 Å².